The number of aromatic amines is 1. The molecule has 1 atom stereocenters. The van der Waals surface area contributed by atoms with E-state index in [-0.39, 0.29) is 40.4 Å². The average molecular weight is 1020 g/mol. The second-order valence-corrected chi connectivity index (χ2v) is 20.6. The number of nitrogens with one attached hydrogen (secondary N) is 2. The minimum atomic E-state index is -5.57. The summed E-state index contributed by atoms with van der Waals surface area (Å²) in [4.78, 5) is 70.2. The third-order valence-electron chi connectivity index (χ3n) is 10.0. The highest BCUT2D eigenvalue weighted by Crippen LogP contribution is 2.46. The van der Waals surface area contributed by atoms with Crippen molar-refractivity contribution in [2.75, 3.05) is 11.1 Å². The predicted octanol–water partition coefficient (Wildman–Crippen LogP) is 4.63. The minimum Gasteiger partial charge on any atom is -0.481 e. The van der Waals surface area contributed by atoms with E-state index in [0.717, 1.165) is 24.3 Å². The van der Waals surface area contributed by atoms with Crippen LogP contribution in [0.25, 0.3) is 22.0 Å². The number of ketones is 3. The molecule has 27 heteroatoms. The molecule has 0 bridgehead atoms. The summed E-state index contributed by atoms with van der Waals surface area (Å²) in [6, 6.07) is 18.0. The van der Waals surface area contributed by atoms with Crippen molar-refractivity contribution in [2.45, 2.75) is 26.0 Å². The third-order valence-corrected chi connectivity index (χ3v) is 14.1. The number of carbonyl (C=O) groups excluding carboxylic acids is 3. The fourth-order valence-electron chi connectivity index (χ4n) is 7.14. The second kappa shape index (κ2) is 17.9. The van der Waals surface area contributed by atoms with E-state index in [2.05, 4.69) is 10.3 Å². The van der Waals surface area contributed by atoms with E-state index < -0.39 is 152 Å². The Kier molecular flexibility index (Phi) is 12.9. The van der Waals surface area contributed by atoms with Gasteiger partial charge in [0.15, 0.2) is 23.1 Å². The van der Waals surface area contributed by atoms with Crippen LogP contribution in [0.5, 0.6) is 5.75 Å². The van der Waals surface area contributed by atoms with Gasteiger partial charge in [-0.1, -0.05) is 66.7 Å². The van der Waals surface area contributed by atoms with Crippen molar-refractivity contribution in [3.05, 3.63) is 135 Å². The largest absolute Gasteiger partial charge is 0.481 e. The van der Waals surface area contributed by atoms with Crippen LogP contribution in [-0.4, -0.2) is 91.0 Å². The summed E-state index contributed by atoms with van der Waals surface area (Å²) < 4.78 is 145. The summed E-state index contributed by atoms with van der Waals surface area (Å²) in [5, 5.41) is 11.7. The number of carboxylic acid groups (broad SMARTS) is 1. The molecule has 0 saturated heterocycles. The van der Waals surface area contributed by atoms with Gasteiger partial charge in [-0.3, -0.25) is 42.2 Å². The molecule has 5 aromatic carbocycles. The Morgan fingerprint density at radius 2 is 1.27 bits per heavy atom. The van der Waals surface area contributed by atoms with Gasteiger partial charge in [-0.25, -0.2) is 0 Å². The van der Waals surface area contributed by atoms with Crippen LogP contribution in [0.15, 0.2) is 121 Å². The summed E-state index contributed by atoms with van der Waals surface area (Å²) in [5.74, 6) is -7.93. The number of hydrogen-bond donors (Lipinski definition) is 7. The molecular formula is C40H28N2O20S5. The molecule has 1 unspecified atom stereocenters. The predicted molar refractivity (Wildman–Crippen MR) is 233 cm³/mol. The number of rotatable bonds is 17. The SMILES string of the molecule is O=C(c1ccccc1)c1c2c3c(c(Nc4cc(OOSCCC(C(=O)O)C(=O)c5cccc(S(=O)(=O)O)c5)c(S(=O)(=O)O)cc4S(=O)(=O)O)cc(S(=O)(=O)O)c3[nH]c1=O)C(=O)c1ccccc1-2. The molecule has 0 aliphatic heterocycles. The third kappa shape index (κ3) is 9.63. The molecule has 7 N–H and O–H groups in total. The number of Topliss-reactive ketones (excluding diaryl/α,β-unsaturated/α-hetero) is 1. The van der Waals surface area contributed by atoms with Gasteiger partial charge in [0.25, 0.3) is 46.0 Å². The topological polar surface area (TPSA) is 369 Å². The summed E-state index contributed by atoms with van der Waals surface area (Å²) in [6.45, 7) is 0. The molecule has 22 nitrogen and oxygen atoms in total. The summed E-state index contributed by atoms with van der Waals surface area (Å²) in [5.41, 5.74) is -5.41. The lowest BCUT2D eigenvalue weighted by atomic mass is 9.80. The van der Waals surface area contributed by atoms with Crippen molar-refractivity contribution in [1.29, 1.82) is 0 Å². The first kappa shape index (κ1) is 48.3. The van der Waals surface area contributed by atoms with Crippen molar-refractivity contribution in [1.82, 2.24) is 4.98 Å². The van der Waals surface area contributed by atoms with Crippen LogP contribution in [-0.2, 0) is 49.6 Å². The highest BCUT2D eigenvalue weighted by molar-refractivity contribution is 7.94. The Balaban J connectivity index is 1.32. The molecule has 1 aliphatic carbocycles. The number of aliphatic carboxylic acids is 1. The molecule has 0 saturated carbocycles. The molecule has 1 aliphatic rings. The van der Waals surface area contributed by atoms with E-state index in [1.807, 2.05) is 0 Å². The molecule has 0 fully saturated rings. The van der Waals surface area contributed by atoms with Crippen LogP contribution in [0.1, 0.15) is 48.6 Å². The number of benzene rings is 5. The lowest BCUT2D eigenvalue weighted by Gasteiger charge is -2.25. The van der Waals surface area contributed by atoms with Crippen molar-refractivity contribution in [3.63, 3.8) is 0 Å². The number of carboxylic acids is 1. The Bertz CT molecular complexity index is 3650. The Morgan fingerprint density at radius 3 is 1.88 bits per heavy atom. The van der Waals surface area contributed by atoms with E-state index in [9.17, 15) is 81.0 Å². The molecule has 6 aromatic rings. The number of fused-ring (bicyclic) bond motifs is 2. The van der Waals surface area contributed by atoms with Crippen LogP contribution in [0.3, 0.4) is 0 Å². The van der Waals surface area contributed by atoms with Gasteiger partial charge in [-0.2, -0.15) is 33.7 Å². The van der Waals surface area contributed by atoms with Crippen LogP contribution in [0.2, 0.25) is 0 Å². The van der Waals surface area contributed by atoms with E-state index in [1.165, 1.54) is 48.5 Å². The van der Waals surface area contributed by atoms with Gasteiger partial charge in [0.1, 0.15) is 20.6 Å². The number of pyridine rings is 1. The van der Waals surface area contributed by atoms with Crippen molar-refractivity contribution in [2.24, 2.45) is 5.92 Å². The monoisotopic (exact) mass is 1020 g/mol. The van der Waals surface area contributed by atoms with E-state index >= 15 is 0 Å². The van der Waals surface area contributed by atoms with Crippen molar-refractivity contribution < 1.29 is 85.4 Å². The van der Waals surface area contributed by atoms with E-state index in [0.29, 0.717) is 12.1 Å². The molecule has 0 amide bonds. The van der Waals surface area contributed by atoms with Gasteiger partial charge in [0, 0.05) is 51.5 Å². The minimum absolute atomic E-state index is 0.00677. The molecule has 0 radical (unpaired) electrons. The molecule has 348 valence electrons. The maximum absolute atomic E-state index is 14.5. The summed E-state index contributed by atoms with van der Waals surface area (Å²) >= 11 is 0.237. The van der Waals surface area contributed by atoms with Gasteiger partial charge in [-0.15, -0.1) is 4.33 Å². The molecule has 0 spiro atoms. The van der Waals surface area contributed by atoms with Gasteiger partial charge in [0.05, 0.1) is 32.9 Å². The highest BCUT2D eigenvalue weighted by Gasteiger charge is 2.37. The van der Waals surface area contributed by atoms with E-state index in [1.54, 1.807) is 6.07 Å². The molecule has 67 heavy (non-hydrogen) atoms. The van der Waals surface area contributed by atoms with E-state index in [4.69, 9.17) is 9.22 Å². The first-order valence-electron chi connectivity index (χ1n) is 18.5. The first-order chi connectivity index (χ1) is 31.3. The Labute approximate surface area is 381 Å². The maximum Gasteiger partial charge on any atom is 0.314 e. The quantitative estimate of drug-likeness (QED) is 0.0124. The second-order valence-electron chi connectivity index (χ2n) is 14.2. The smallest absolute Gasteiger partial charge is 0.314 e. The number of anilines is 2. The number of H-pyrrole nitrogens is 1. The van der Waals surface area contributed by atoms with Gasteiger partial charge >= 0.3 is 5.97 Å². The lowest BCUT2D eigenvalue weighted by Crippen LogP contribution is -2.25. The lowest BCUT2D eigenvalue weighted by molar-refractivity contribution is -0.140. The maximum atomic E-state index is 14.5. The number of carbonyl (C=O) groups is 4. The zero-order chi connectivity index (χ0) is 49.0. The van der Waals surface area contributed by atoms with Crippen molar-refractivity contribution >= 4 is 98.1 Å². The summed E-state index contributed by atoms with van der Waals surface area (Å²) in [6.07, 6.45) is -0.554. The van der Waals surface area contributed by atoms with Crippen LogP contribution >= 0.6 is 12.0 Å². The fraction of sp³-hybridized carbons (Fsp3) is 0.0750. The fourth-order valence-corrected chi connectivity index (χ4v) is 10.2. The highest BCUT2D eigenvalue weighted by atomic mass is 32.2. The molecule has 7 rings (SSSR count). The standard InChI is InChI=1S/C40H28N2O20S5/c43-36(20-9-6-10-21(15-20)64(49,50)51)24(40(47)48)13-14-63-62-61-27-16-25(28(65(52,53)54)18-29(27)66(55,56)57)41-26-17-30(67(58,59)60)35-33-31(22-11-4-5-12-23(22)38(45)32(26)33)34(39(46)42-35)37(44)19-7-2-1-3-8-19/h1-12,15-18,24,41H,13-14H2,(H,42,46)(H,47,48)(H,49,50,51)(H,52,53,54)(H,55,56,57)(H,58,59,60). The zero-order valence-corrected chi connectivity index (χ0v) is 37.2. The summed E-state index contributed by atoms with van der Waals surface area (Å²) in [7, 11) is -21.3. The van der Waals surface area contributed by atoms with Crippen LogP contribution < -0.4 is 15.8 Å². The molecular weight excluding hydrogens is 989 g/mol. The van der Waals surface area contributed by atoms with Gasteiger partial charge in [0.2, 0.25) is 0 Å². The van der Waals surface area contributed by atoms with Crippen molar-refractivity contribution in [3.8, 4) is 16.9 Å². The number of hydrogen-bond acceptors (Lipinski definition) is 17. The van der Waals surface area contributed by atoms with Gasteiger partial charge < -0.3 is 20.3 Å². The zero-order valence-electron chi connectivity index (χ0n) is 33.1. The first-order valence-corrected chi connectivity index (χ1v) is 25.1. The number of aromatic nitrogens is 1. The average Bonchev–Trinajstić information content (AvgIpc) is 3.25. The Hall–Kier alpha value is -6.66. The molecule has 1 aromatic heterocycles. The van der Waals surface area contributed by atoms with Crippen LogP contribution in [0.4, 0.5) is 11.4 Å². The van der Waals surface area contributed by atoms with Gasteiger partial charge in [-0.05, 0) is 36.2 Å². The normalized spacial score (nSPS) is 13.2. The van der Waals surface area contributed by atoms with Crippen LogP contribution in [0, 0.1) is 5.92 Å². The molecule has 1 heterocycles. The Morgan fingerprint density at radius 1 is 0.657 bits per heavy atom.